The molecule has 3 rings (SSSR count). The molecule has 0 aliphatic carbocycles. The molecule has 1 atom stereocenters. The summed E-state index contributed by atoms with van der Waals surface area (Å²) < 4.78 is 9.40. The van der Waals surface area contributed by atoms with E-state index in [1.807, 2.05) is 42.5 Å². The summed E-state index contributed by atoms with van der Waals surface area (Å²) in [6, 6.07) is 17.7. The van der Waals surface area contributed by atoms with Crippen LogP contribution in [0.15, 0.2) is 60.7 Å². The summed E-state index contributed by atoms with van der Waals surface area (Å²) in [6.07, 6.45) is 0.0259. The summed E-state index contributed by atoms with van der Waals surface area (Å²) >= 11 is 0. The van der Waals surface area contributed by atoms with E-state index in [-0.39, 0.29) is 12.8 Å². The highest BCUT2D eigenvalue weighted by Crippen LogP contribution is 2.32. The fourth-order valence-electron chi connectivity index (χ4n) is 3.43. The lowest BCUT2D eigenvalue weighted by Crippen LogP contribution is -2.42. The number of nitrogens with two attached hydrogens (primary N) is 1. The van der Waals surface area contributed by atoms with Crippen LogP contribution in [0.2, 0.25) is 0 Å². The minimum Gasteiger partial charge on any atom is -0.469 e. The maximum atomic E-state index is 13.2. The first-order valence-corrected chi connectivity index (χ1v) is 9.77. The number of esters is 2. The molecule has 0 saturated heterocycles. The molecule has 3 aromatic rings. The highest BCUT2D eigenvalue weighted by atomic mass is 16.5. The number of hydrogen-bond donors (Lipinski definition) is 2. The van der Waals surface area contributed by atoms with Gasteiger partial charge in [0.2, 0.25) is 0 Å². The van der Waals surface area contributed by atoms with Gasteiger partial charge in [0.15, 0.2) is 0 Å². The van der Waals surface area contributed by atoms with Crippen molar-refractivity contribution in [1.29, 1.82) is 0 Å². The second-order valence-corrected chi connectivity index (χ2v) is 7.00. The maximum Gasteiger partial charge on any atom is 0.328 e. The number of ether oxygens (including phenoxy) is 2. The molecule has 0 aliphatic rings. The molecule has 3 N–H and O–H groups in total. The van der Waals surface area contributed by atoms with Crippen molar-refractivity contribution in [3.63, 3.8) is 0 Å². The second-order valence-electron chi connectivity index (χ2n) is 7.00. The van der Waals surface area contributed by atoms with Crippen molar-refractivity contribution in [1.82, 2.24) is 5.32 Å². The van der Waals surface area contributed by atoms with Crippen molar-refractivity contribution < 1.29 is 23.9 Å². The van der Waals surface area contributed by atoms with Crippen LogP contribution < -0.4 is 11.1 Å². The highest BCUT2D eigenvalue weighted by Gasteiger charge is 2.25. The number of amides is 1. The molecule has 7 heteroatoms. The highest BCUT2D eigenvalue weighted by molar-refractivity contribution is 6.07. The molecule has 160 valence electrons. The van der Waals surface area contributed by atoms with E-state index in [0.29, 0.717) is 16.8 Å². The Hall–Kier alpha value is -3.87. The summed E-state index contributed by atoms with van der Waals surface area (Å²) in [4.78, 5) is 36.8. The van der Waals surface area contributed by atoms with Gasteiger partial charge >= 0.3 is 11.9 Å². The molecule has 0 fully saturated rings. The predicted octanol–water partition coefficient (Wildman–Crippen LogP) is 3.31. The first kappa shape index (κ1) is 21.8. The zero-order valence-corrected chi connectivity index (χ0v) is 17.4. The fourth-order valence-corrected chi connectivity index (χ4v) is 3.43. The largest absolute Gasteiger partial charge is 0.469 e. The van der Waals surface area contributed by atoms with Gasteiger partial charge in [-0.3, -0.25) is 9.59 Å². The number of fused-ring (bicyclic) bond motifs is 1. The van der Waals surface area contributed by atoms with E-state index in [4.69, 9.17) is 10.5 Å². The van der Waals surface area contributed by atoms with Crippen LogP contribution in [0.4, 0.5) is 5.69 Å². The second kappa shape index (κ2) is 9.75. The van der Waals surface area contributed by atoms with Crippen molar-refractivity contribution in [3.8, 4) is 11.1 Å². The van der Waals surface area contributed by atoms with Crippen LogP contribution in [-0.2, 0) is 19.1 Å². The van der Waals surface area contributed by atoms with E-state index in [1.54, 1.807) is 18.2 Å². The summed E-state index contributed by atoms with van der Waals surface area (Å²) in [5.74, 6) is -1.59. The van der Waals surface area contributed by atoms with E-state index in [9.17, 15) is 14.4 Å². The number of rotatable bonds is 7. The average molecular weight is 420 g/mol. The number of anilines is 1. The minimum absolute atomic E-state index is 0.0333. The Bertz CT molecular complexity index is 1120. The van der Waals surface area contributed by atoms with Gasteiger partial charge in [0, 0.05) is 17.7 Å². The first-order valence-electron chi connectivity index (χ1n) is 9.77. The Morgan fingerprint density at radius 1 is 0.935 bits per heavy atom. The topological polar surface area (TPSA) is 108 Å². The van der Waals surface area contributed by atoms with Gasteiger partial charge in [-0.15, -0.1) is 0 Å². The smallest absolute Gasteiger partial charge is 0.328 e. The van der Waals surface area contributed by atoms with Crippen LogP contribution in [0.3, 0.4) is 0 Å². The van der Waals surface area contributed by atoms with Crippen molar-refractivity contribution >= 4 is 34.3 Å². The van der Waals surface area contributed by atoms with E-state index in [1.165, 1.54) is 14.2 Å². The summed E-state index contributed by atoms with van der Waals surface area (Å²) in [5.41, 5.74) is 8.38. The summed E-state index contributed by atoms with van der Waals surface area (Å²) in [6.45, 7) is 0. The molecule has 0 aromatic heterocycles. The number of benzene rings is 3. The molecule has 1 amide bonds. The molecule has 0 saturated carbocycles. The van der Waals surface area contributed by atoms with E-state index >= 15 is 0 Å². The Morgan fingerprint density at radius 3 is 2.42 bits per heavy atom. The lowest BCUT2D eigenvalue weighted by atomic mass is 9.93. The Labute approximate surface area is 180 Å². The SMILES string of the molecule is COC(=O)CC[C@H](NC(=O)c1ccc(N)cc1-c1cccc2ccccc12)C(=O)OC. The Kier molecular flexibility index (Phi) is 6.87. The van der Waals surface area contributed by atoms with Crippen molar-refractivity contribution in [2.24, 2.45) is 0 Å². The van der Waals surface area contributed by atoms with E-state index in [2.05, 4.69) is 10.1 Å². The van der Waals surface area contributed by atoms with Crippen LogP contribution in [0.25, 0.3) is 21.9 Å². The summed E-state index contributed by atoms with van der Waals surface area (Å²) in [5, 5.41) is 4.68. The Balaban J connectivity index is 1.98. The van der Waals surface area contributed by atoms with Crippen molar-refractivity contribution in [3.05, 3.63) is 66.2 Å². The number of carbonyl (C=O) groups excluding carboxylic acids is 3. The first-order chi connectivity index (χ1) is 14.9. The van der Waals surface area contributed by atoms with Crippen LogP contribution in [0.5, 0.6) is 0 Å². The fraction of sp³-hybridized carbons (Fsp3) is 0.208. The van der Waals surface area contributed by atoms with Crippen LogP contribution >= 0.6 is 0 Å². The Morgan fingerprint density at radius 2 is 1.68 bits per heavy atom. The maximum absolute atomic E-state index is 13.2. The van der Waals surface area contributed by atoms with Gasteiger partial charge < -0.3 is 20.5 Å². The molecule has 0 radical (unpaired) electrons. The third kappa shape index (κ3) is 5.01. The molecule has 31 heavy (non-hydrogen) atoms. The molecule has 0 unspecified atom stereocenters. The number of carbonyl (C=O) groups is 3. The zero-order valence-electron chi connectivity index (χ0n) is 17.4. The molecule has 0 heterocycles. The standard InChI is InChI=1S/C24H24N2O5/c1-30-22(27)13-12-21(24(29)31-2)26-23(28)19-11-10-16(25)14-20(19)18-9-5-7-15-6-3-4-8-17(15)18/h3-11,14,21H,12-13,25H2,1-2H3,(H,26,28)/t21-/m0/s1. The van der Waals surface area contributed by atoms with Crippen LogP contribution in [0.1, 0.15) is 23.2 Å². The lowest BCUT2D eigenvalue weighted by Gasteiger charge is -2.18. The third-order valence-electron chi connectivity index (χ3n) is 5.02. The minimum atomic E-state index is -0.991. The van der Waals surface area contributed by atoms with Crippen LogP contribution in [0, 0.1) is 0 Å². The molecule has 0 spiro atoms. The molecular formula is C24H24N2O5. The molecule has 0 bridgehead atoms. The van der Waals surface area contributed by atoms with Crippen molar-refractivity contribution in [2.75, 3.05) is 20.0 Å². The van der Waals surface area contributed by atoms with Gasteiger partial charge in [-0.05, 0) is 46.5 Å². The van der Waals surface area contributed by atoms with Gasteiger partial charge in [0.05, 0.1) is 14.2 Å². The number of nitrogen functional groups attached to an aromatic ring is 1. The third-order valence-corrected chi connectivity index (χ3v) is 5.02. The van der Waals surface area contributed by atoms with Crippen LogP contribution in [-0.4, -0.2) is 38.1 Å². The van der Waals surface area contributed by atoms with E-state index < -0.39 is 23.9 Å². The van der Waals surface area contributed by atoms with Gasteiger partial charge in [0.1, 0.15) is 6.04 Å². The van der Waals surface area contributed by atoms with Crippen molar-refractivity contribution in [2.45, 2.75) is 18.9 Å². The quantitative estimate of drug-likeness (QED) is 0.448. The average Bonchev–Trinajstić information content (AvgIpc) is 2.80. The normalized spacial score (nSPS) is 11.5. The number of methoxy groups -OCH3 is 2. The number of hydrogen-bond acceptors (Lipinski definition) is 6. The van der Waals surface area contributed by atoms with Gasteiger partial charge in [-0.25, -0.2) is 4.79 Å². The molecule has 0 aliphatic heterocycles. The lowest BCUT2D eigenvalue weighted by molar-refractivity contribution is -0.144. The zero-order chi connectivity index (χ0) is 22.4. The summed E-state index contributed by atoms with van der Waals surface area (Å²) in [7, 11) is 2.49. The van der Waals surface area contributed by atoms with Gasteiger partial charge in [0.25, 0.3) is 5.91 Å². The monoisotopic (exact) mass is 420 g/mol. The molecule has 7 nitrogen and oxygen atoms in total. The number of nitrogens with one attached hydrogen (secondary N) is 1. The molecule has 3 aromatic carbocycles. The molecular weight excluding hydrogens is 396 g/mol. The van der Waals surface area contributed by atoms with E-state index in [0.717, 1.165) is 16.3 Å². The predicted molar refractivity (Wildman–Crippen MR) is 118 cm³/mol. The van der Waals surface area contributed by atoms with Gasteiger partial charge in [-0.2, -0.15) is 0 Å². The van der Waals surface area contributed by atoms with Gasteiger partial charge in [-0.1, -0.05) is 42.5 Å².